The van der Waals surface area contributed by atoms with Crippen LogP contribution in [0.15, 0.2) is 24.3 Å². The normalized spacial score (nSPS) is 23.7. The fraction of sp³-hybridized carbons (Fsp3) is 0.583. The Kier molecular flexibility index (Phi) is 6.17. The SMILES string of the molecule is C[C@@H]1C[C@H](C)CN(c2nc3ccccc3nc2[C@H](C#N)C(=O)OC2CCCCC2)C1. The van der Waals surface area contributed by atoms with Gasteiger partial charge in [0.25, 0.3) is 0 Å². The maximum Gasteiger partial charge on any atom is 0.329 e. The number of carbonyl (C=O) groups excluding carboxylic acids is 1. The van der Waals surface area contributed by atoms with Crippen LogP contribution in [0.5, 0.6) is 0 Å². The third-order valence-electron chi connectivity index (χ3n) is 6.22. The molecule has 0 unspecified atom stereocenters. The van der Waals surface area contributed by atoms with Crippen LogP contribution < -0.4 is 4.90 Å². The van der Waals surface area contributed by atoms with Gasteiger partial charge in [-0.3, -0.25) is 4.79 Å². The number of nitriles is 1. The molecular weight excluding hydrogens is 376 g/mol. The van der Waals surface area contributed by atoms with E-state index in [1.165, 1.54) is 6.42 Å². The summed E-state index contributed by atoms with van der Waals surface area (Å²) in [4.78, 5) is 24.8. The number of hydrogen-bond acceptors (Lipinski definition) is 6. The highest BCUT2D eigenvalue weighted by molar-refractivity contribution is 5.85. The van der Waals surface area contributed by atoms with E-state index < -0.39 is 11.9 Å². The monoisotopic (exact) mass is 406 g/mol. The van der Waals surface area contributed by atoms with Crippen molar-refractivity contribution in [1.82, 2.24) is 9.97 Å². The van der Waals surface area contributed by atoms with Crippen LogP contribution in [0.4, 0.5) is 5.82 Å². The summed E-state index contributed by atoms with van der Waals surface area (Å²) < 4.78 is 5.75. The molecule has 1 aromatic carbocycles. The molecule has 2 fully saturated rings. The highest BCUT2D eigenvalue weighted by atomic mass is 16.5. The Balaban J connectivity index is 1.71. The zero-order valence-corrected chi connectivity index (χ0v) is 17.9. The number of hydrogen-bond donors (Lipinski definition) is 0. The average Bonchev–Trinajstić information content (AvgIpc) is 2.74. The predicted octanol–water partition coefficient (Wildman–Crippen LogP) is 4.60. The van der Waals surface area contributed by atoms with Gasteiger partial charge in [0, 0.05) is 13.1 Å². The molecule has 4 rings (SSSR count). The average molecular weight is 407 g/mol. The number of benzene rings is 1. The summed E-state index contributed by atoms with van der Waals surface area (Å²) in [6, 6.07) is 9.80. The van der Waals surface area contributed by atoms with Crippen LogP contribution in [0.2, 0.25) is 0 Å². The number of anilines is 1. The van der Waals surface area contributed by atoms with Crippen molar-refractivity contribution in [3.63, 3.8) is 0 Å². The number of para-hydroxylation sites is 2. The topological polar surface area (TPSA) is 79.1 Å². The van der Waals surface area contributed by atoms with E-state index in [1.807, 2.05) is 24.3 Å². The van der Waals surface area contributed by atoms with E-state index in [9.17, 15) is 10.1 Å². The quantitative estimate of drug-likeness (QED) is 0.691. The molecule has 1 saturated carbocycles. The molecule has 2 heterocycles. The molecule has 0 spiro atoms. The van der Waals surface area contributed by atoms with Gasteiger partial charge in [-0.05, 0) is 56.1 Å². The Morgan fingerprint density at radius 3 is 2.37 bits per heavy atom. The number of piperidine rings is 1. The van der Waals surface area contributed by atoms with Crippen LogP contribution in [0, 0.1) is 23.2 Å². The lowest BCUT2D eigenvalue weighted by Crippen LogP contribution is -2.40. The summed E-state index contributed by atoms with van der Waals surface area (Å²) in [6.07, 6.45) is 6.15. The number of esters is 1. The van der Waals surface area contributed by atoms with Crippen molar-refractivity contribution in [1.29, 1.82) is 5.26 Å². The maximum atomic E-state index is 13.0. The third kappa shape index (κ3) is 4.40. The van der Waals surface area contributed by atoms with Crippen LogP contribution >= 0.6 is 0 Å². The van der Waals surface area contributed by atoms with Crippen molar-refractivity contribution in [2.45, 2.75) is 64.4 Å². The van der Waals surface area contributed by atoms with E-state index in [0.717, 1.165) is 50.7 Å². The number of aromatic nitrogens is 2. The summed E-state index contributed by atoms with van der Waals surface area (Å²) in [5.41, 5.74) is 1.90. The van der Waals surface area contributed by atoms with Crippen molar-refractivity contribution < 1.29 is 9.53 Å². The van der Waals surface area contributed by atoms with Crippen molar-refractivity contribution in [2.75, 3.05) is 18.0 Å². The summed E-state index contributed by atoms with van der Waals surface area (Å²) in [5.74, 6) is 0.133. The third-order valence-corrected chi connectivity index (χ3v) is 6.22. The first-order valence-electron chi connectivity index (χ1n) is 11.2. The Morgan fingerprint density at radius 2 is 1.73 bits per heavy atom. The van der Waals surface area contributed by atoms with Gasteiger partial charge in [-0.25, -0.2) is 9.97 Å². The van der Waals surface area contributed by atoms with Crippen molar-refractivity contribution in [3.05, 3.63) is 30.0 Å². The van der Waals surface area contributed by atoms with Crippen molar-refractivity contribution >= 4 is 22.8 Å². The molecule has 158 valence electrons. The zero-order chi connectivity index (χ0) is 21.1. The molecule has 1 aliphatic heterocycles. The van der Waals surface area contributed by atoms with Crippen molar-refractivity contribution in [2.24, 2.45) is 11.8 Å². The fourth-order valence-electron chi connectivity index (χ4n) is 4.91. The summed E-state index contributed by atoms with van der Waals surface area (Å²) in [7, 11) is 0. The first kappa shape index (κ1) is 20.6. The minimum Gasteiger partial charge on any atom is -0.461 e. The minimum atomic E-state index is -1.06. The van der Waals surface area contributed by atoms with Crippen molar-refractivity contribution in [3.8, 4) is 6.07 Å². The summed E-state index contributed by atoms with van der Waals surface area (Å²) in [6.45, 7) is 6.16. The molecule has 2 aromatic rings. The molecular formula is C24H30N4O2. The van der Waals surface area contributed by atoms with Crippen LogP contribution in [-0.4, -0.2) is 35.1 Å². The second kappa shape index (κ2) is 8.99. The Morgan fingerprint density at radius 1 is 1.10 bits per heavy atom. The largest absolute Gasteiger partial charge is 0.461 e. The molecule has 2 aliphatic rings. The Bertz CT molecular complexity index is 938. The summed E-state index contributed by atoms with van der Waals surface area (Å²) >= 11 is 0. The Labute approximate surface area is 178 Å². The molecule has 1 aromatic heterocycles. The summed E-state index contributed by atoms with van der Waals surface area (Å²) in [5, 5.41) is 9.94. The molecule has 0 N–H and O–H groups in total. The predicted molar refractivity (Wildman–Crippen MR) is 116 cm³/mol. The van der Waals surface area contributed by atoms with Gasteiger partial charge in [0.15, 0.2) is 11.7 Å². The molecule has 3 atom stereocenters. The van der Waals surface area contributed by atoms with Gasteiger partial charge in [-0.2, -0.15) is 5.26 Å². The zero-order valence-electron chi connectivity index (χ0n) is 17.9. The molecule has 0 radical (unpaired) electrons. The molecule has 6 nitrogen and oxygen atoms in total. The Hall–Kier alpha value is -2.68. The van der Waals surface area contributed by atoms with E-state index >= 15 is 0 Å². The van der Waals surface area contributed by atoms with Crippen LogP contribution in [0.1, 0.15) is 64.0 Å². The molecule has 30 heavy (non-hydrogen) atoms. The lowest BCUT2D eigenvalue weighted by molar-refractivity contribution is -0.150. The lowest BCUT2D eigenvalue weighted by Gasteiger charge is -2.36. The van der Waals surface area contributed by atoms with Gasteiger partial charge in [-0.15, -0.1) is 0 Å². The molecule has 0 bridgehead atoms. The molecule has 1 saturated heterocycles. The van der Waals surface area contributed by atoms with Gasteiger partial charge in [0.05, 0.1) is 17.1 Å². The number of fused-ring (bicyclic) bond motifs is 1. The van der Waals surface area contributed by atoms with Gasteiger partial charge in [0.2, 0.25) is 0 Å². The number of ether oxygens (including phenoxy) is 1. The first-order valence-corrected chi connectivity index (χ1v) is 11.2. The standard InChI is InChI=1S/C24H30N4O2/c1-16-12-17(2)15-28(14-16)23-22(26-20-10-6-7-11-21(20)27-23)19(13-25)24(29)30-18-8-4-3-5-9-18/h6-7,10-11,16-19H,3-5,8-9,12,14-15H2,1-2H3/t16-,17+,19-/m0/s1. The smallest absolute Gasteiger partial charge is 0.329 e. The lowest BCUT2D eigenvalue weighted by atomic mass is 9.91. The maximum absolute atomic E-state index is 13.0. The second-order valence-corrected chi connectivity index (χ2v) is 9.03. The first-order chi connectivity index (χ1) is 14.5. The minimum absolute atomic E-state index is 0.0889. The van der Waals surface area contributed by atoms with Crippen LogP contribution in [-0.2, 0) is 9.53 Å². The number of carbonyl (C=O) groups is 1. The molecule has 6 heteroatoms. The van der Waals surface area contributed by atoms with E-state index in [2.05, 4.69) is 24.8 Å². The van der Waals surface area contributed by atoms with E-state index in [0.29, 0.717) is 28.9 Å². The molecule has 1 aliphatic carbocycles. The van der Waals surface area contributed by atoms with Gasteiger partial charge >= 0.3 is 5.97 Å². The molecule has 0 amide bonds. The van der Waals surface area contributed by atoms with Gasteiger partial charge < -0.3 is 9.64 Å². The van der Waals surface area contributed by atoms with Crippen LogP contribution in [0.25, 0.3) is 11.0 Å². The van der Waals surface area contributed by atoms with E-state index in [1.54, 1.807) is 0 Å². The highest BCUT2D eigenvalue weighted by Crippen LogP contribution is 2.33. The van der Waals surface area contributed by atoms with E-state index in [-0.39, 0.29) is 6.10 Å². The number of nitrogens with zero attached hydrogens (tertiary/aromatic N) is 4. The fourth-order valence-corrected chi connectivity index (χ4v) is 4.91. The highest BCUT2D eigenvalue weighted by Gasteiger charge is 2.33. The number of rotatable bonds is 4. The van der Waals surface area contributed by atoms with E-state index in [4.69, 9.17) is 14.7 Å². The second-order valence-electron chi connectivity index (χ2n) is 9.03. The van der Waals surface area contributed by atoms with Crippen LogP contribution in [0.3, 0.4) is 0 Å². The van der Waals surface area contributed by atoms with Gasteiger partial charge in [-0.1, -0.05) is 32.4 Å². The van der Waals surface area contributed by atoms with Gasteiger partial charge in [0.1, 0.15) is 11.8 Å².